The lowest BCUT2D eigenvalue weighted by Crippen LogP contribution is -2.12. The number of rotatable bonds is 3. The van der Waals surface area contributed by atoms with E-state index in [4.69, 9.17) is 4.74 Å². The van der Waals surface area contributed by atoms with Gasteiger partial charge in [0.05, 0.1) is 5.69 Å². The average molecular weight is 244 g/mol. The predicted molar refractivity (Wildman–Crippen MR) is 52.4 cm³/mol. The maximum atomic E-state index is 11.1. The fraction of sp³-hybridized carbons (Fsp3) is 0.333. The van der Waals surface area contributed by atoms with E-state index in [9.17, 15) is 4.79 Å². The molecule has 13 heavy (non-hydrogen) atoms. The number of pyridine rings is 1. The summed E-state index contributed by atoms with van der Waals surface area (Å²) in [7, 11) is 1.50. The van der Waals surface area contributed by atoms with Crippen LogP contribution in [0.2, 0.25) is 0 Å². The van der Waals surface area contributed by atoms with E-state index in [2.05, 4.69) is 20.9 Å². The number of carbonyl (C=O) groups is 1. The van der Waals surface area contributed by atoms with E-state index in [-0.39, 0.29) is 5.78 Å². The third kappa shape index (κ3) is 2.60. The quantitative estimate of drug-likeness (QED) is 0.817. The van der Waals surface area contributed by atoms with E-state index in [0.717, 1.165) is 4.47 Å². The molecule has 0 aliphatic heterocycles. The highest BCUT2D eigenvalue weighted by Gasteiger charge is 2.16. The SMILES string of the molecule is COC(C(C)=O)c1ccc(Br)cn1. The van der Waals surface area contributed by atoms with Crippen LogP contribution in [0, 0.1) is 0 Å². The van der Waals surface area contributed by atoms with Gasteiger partial charge in [0.15, 0.2) is 11.9 Å². The first-order chi connectivity index (χ1) is 6.15. The van der Waals surface area contributed by atoms with Crippen LogP contribution in [0.3, 0.4) is 0 Å². The van der Waals surface area contributed by atoms with Crippen molar-refractivity contribution in [1.29, 1.82) is 0 Å². The van der Waals surface area contributed by atoms with Gasteiger partial charge in [-0.15, -0.1) is 0 Å². The molecular formula is C9H10BrNO2. The number of ketones is 1. The van der Waals surface area contributed by atoms with Crippen LogP contribution in [-0.4, -0.2) is 17.9 Å². The van der Waals surface area contributed by atoms with Crippen molar-refractivity contribution in [3.63, 3.8) is 0 Å². The van der Waals surface area contributed by atoms with Gasteiger partial charge in [0, 0.05) is 17.8 Å². The van der Waals surface area contributed by atoms with Gasteiger partial charge in [-0.2, -0.15) is 0 Å². The zero-order valence-corrected chi connectivity index (χ0v) is 9.04. The average Bonchev–Trinajstić information content (AvgIpc) is 2.09. The Morgan fingerprint density at radius 2 is 2.31 bits per heavy atom. The molecular weight excluding hydrogens is 234 g/mol. The fourth-order valence-corrected chi connectivity index (χ4v) is 1.27. The van der Waals surface area contributed by atoms with Crippen LogP contribution in [-0.2, 0) is 9.53 Å². The molecule has 3 nitrogen and oxygen atoms in total. The highest BCUT2D eigenvalue weighted by atomic mass is 79.9. The van der Waals surface area contributed by atoms with Gasteiger partial charge in [0.25, 0.3) is 0 Å². The van der Waals surface area contributed by atoms with E-state index in [1.807, 2.05) is 6.07 Å². The number of halogens is 1. The Morgan fingerprint density at radius 1 is 1.62 bits per heavy atom. The van der Waals surface area contributed by atoms with Gasteiger partial charge in [-0.1, -0.05) is 0 Å². The largest absolute Gasteiger partial charge is 0.367 e. The summed E-state index contributed by atoms with van der Waals surface area (Å²) in [6.45, 7) is 1.48. The molecule has 70 valence electrons. The van der Waals surface area contributed by atoms with Crippen molar-refractivity contribution < 1.29 is 9.53 Å². The molecule has 1 heterocycles. The number of methoxy groups -OCH3 is 1. The summed E-state index contributed by atoms with van der Waals surface area (Å²) in [4.78, 5) is 15.2. The maximum Gasteiger partial charge on any atom is 0.164 e. The molecule has 0 amide bonds. The summed E-state index contributed by atoms with van der Waals surface area (Å²) in [5.74, 6) is -0.0441. The predicted octanol–water partition coefficient (Wildman–Crippen LogP) is 2.12. The van der Waals surface area contributed by atoms with E-state index in [1.54, 1.807) is 12.3 Å². The number of carbonyl (C=O) groups excluding carboxylic acids is 1. The second kappa shape index (κ2) is 4.48. The Kier molecular flexibility index (Phi) is 3.57. The molecule has 0 aliphatic rings. The summed E-state index contributed by atoms with van der Waals surface area (Å²) >= 11 is 3.27. The number of aromatic nitrogens is 1. The summed E-state index contributed by atoms with van der Waals surface area (Å²) in [5.41, 5.74) is 0.637. The van der Waals surface area contributed by atoms with E-state index in [1.165, 1.54) is 14.0 Å². The standard InChI is InChI=1S/C9H10BrNO2/c1-6(12)9(13-2)8-4-3-7(10)5-11-8/h3-5,9H,1-2H3. The Balaban J connectivity index is 2.92. The molecule has 1 aromatic rings. The number of nitrogens with zero attached hydrogens (tertiary/aromatic N) is 1. The van der Waals surface area contributed by atoms with Crippen LogP contribution in [0.5, 0.6) is 0 Å². The number of ether oxygens (including phenoxy) is 1. The van der Waals surface area contributed by atoms with Gasteiger partial charge >= 0.3 is 0 Å². The van der Waals surface area contributed by atoms with Crippen molar-refractivity contribution in [2.75, 3.05) is 7.11 Å². The van der Waals surface area contributed by atoms with Crippen molar-refractivity contribution >= 4 is 21.7 Å². The first-order valence-corrected chi connectivity index (χ1v) is 4.59. The fourth-order valence-electron chi connectivity index (χ4n) is 1.04. The van der Waals surface area contributed by atoms with Crippen molar-refractivity contribution in [2.24, 2.45) is 0 Å². The third-order valence-corrected chi connectivity index (χ3v) is 2.09. The van der Waals surface area contributed by atoms with Crippen molar-refractivity contribution in [3.8, 4) is 0 Å². The molecule has 1 atom stereocenters. The topological polar surface area (TPSA) is 39.2 Å². The van der Waals surface area contributed by atoms with Gasteiger partial charge in [-0.25, -0.2) is 0 Å². The number of hydrogen-bond donors (Lipinski definition) is 0. The number of Topliss-reactive ketones (excluding diaryl/α,β-unsaturated/α-hetero) is 1. The highest BCUT2D eigenvalue weighted by molar-refractivity contribution is 9.10. The van der Waals surface area contributed by atoms with Crippen LogP contribution in [0.1, 0.15) is 18.7 Å². The molecule has 0 saturated carbocycles. The Bertz CT molecular complexity index is 297. The summed E-state index contributed by atoms with van der Waals surface area (Å²) in [6, 6.07) is 3.59. The molecule has 1 rings (SSSR count). The Morgan fingerprint density at radius 3 is 2.69 bits per heavy atom. The molecule has 1 aromatic heterocycles. The van der Waals surface area contributed by atoms with Gasteiger partial charge in [-0.05, 0) is 35.0 Å². The Hall–Kier alpha value is -0.740. The van der Waals surface area contributed by atoms with Crippen LogP contribution >= 0.6 is 15.9 Å². The maximum absolute atomic E-state index is 11.1. The number of hydrogen-bond acceptors (Lipinski definition) is 3. The minimum absolute atomic E-state index is 0.0441. The Labute approximate surface area is 85.3 Å². The van der Waals surface area contributed by atoms with Crippen LogP contribution in [0.4, 0.5) is 0 Å². The molecule has 0 bridgehead atoms. The first kappa shape index (κ1) is 10.3. The molecule has 0 aliphatic carbocycles. The lowest BCUT2D eigenvalue weighted by molar-refractivity contribution is -0.127. The highest BCUT2D eigenvalue weighted by Crippen LogP contribution is 2.17. The molecule has 4 heteroatoms. The minimum atomic E-state index is -0.548. The molecule has 0 radical (unpaired) electrons. The monoisotopic (exact) mass is 243 g/mol. The zero-order valence-electron chi connectivity index (χ0n) is 7.45. The molecule has 0 N–H and O–H groups in total. The van der Waals surface area contributed by atoms with Crippen molar-refractivity contribution in [3.05, 3.63) is 28.5 Å². The van der Waals surface area contributed by atoms with Crippen molar-refractivity contribution in [1.82, 2.24) is 4.98 Å². The van der Waals surface area contributed by atoms with Gasteiger partial charge in [-0.3, -0.25) is 9.78 Å². The van der Waals surface area contributed by atoms with Gasteiger partial charge < -0.3 is 4.74 Å². The normalized spacial score (nSPS) is 12.5. The zero-order chi connectivity index (χ0) is 9.84. The minimum Gasteiger partial charge on any atom is -0.367 e. The lowest BCUT2D eigenvalue weighted by atomic mass is 10.1. The summed E-state index contributed by atoms with van der Waals surface area (Å²) in [5, 5.41) is 0. The molecule has 0 spiro atoms. The second-order valence-corrected chi connectivity index (χ2v) is 3.54. The van der Waals surface area contributed by atoms with Crippen molar-refractivity contribution in [2.45, 2.75) is 13.0 Å². The summed E-state index contributed by atoms with van der Waals surface area (Å²) < 4.78 is 5.89. The van der Waals surface area contributed by atoms with Crippen LogP contribution in [0.15, 0.2) is 22.8 Å². The van der Waals surface area contributed by atoms with Gasteiger partial charge in [0.1, 0.15) is 0 Å². The lowest BCUT2D eigenvalue weighted by Gasteiger charge is -2.10. The summed E-state index contributed by atoms with van der Waals surface area (Å²) in [6.07, 6.45) is 1.10. The van der Waals surface area contributed by atoms with E-state index >= 15 is 0 Å². The molecule has 0 saturated heterocycles. The molecule has 0 fully saturated rings. The third-order valence-electron chi connectivity index (χ3n) is 1.62. The smallest absolute Gasteiger partial charge is 0.164 e. The van der Waals surface area contributed by atoms with E-state index in [0.29, 0.717) is 5.69 Å². The van der Waals surface area contributed by atoms with Crippen LogP contribution < -0.4 is 0 Å². The first-order valence-electron chi connectivity index (χ1n) is 3.80. The molecule has 1 unspecified atom stereocenters. The van der Waals surface area contributed by atoms with E-state index < -0.39 is 6.10 Å². The second-order valence-electron chi connectivity index (χ2n) is 2.63. The van der Waals surface area contributed by atoms with Gasteiger partial charge in [0.2, 0.25) is 0 Å². The van der Waals surface area contributed by atoms with Crippen LogP contribution in [0.25, 0.3) is 0 Å². The molecule has 0 aromatic carbocycles.